The van der Waals surface area contributed by atoms with Gasteiger partial charge in [0.2, 0.25) is 0 Å². The fraction of sp³-hybridized carbons (Fsp3) is 0.345. The molecule has 40 heavy (non-hydrogen) atoms. The van der Waals surface area contributed by atoms with Crippen molar-refractivity contribution < 1.29 is 18.7 Å². The van der Waals surface area contributed by atoms with Gasteiger partial charge in [-0.15, -0.1) is 5.10 Å². The molecule has 2 N–H and O–H groups in total. The first-order valence-corrected chi connectivity index (χ1v) is 13.0. The number of nitrogens with one attached hydrogen (secondary N) is 2. The van der Waals surface area contributed by atoms with Crippen LogP contribution in [0.5, 0.6) is 0 Å². The van der Waals surface area contributed by atoms with E-state index in [1.54, 1.807) is 48.4 Å². The summed E-state index contributed by atoms with van der Waals surface area (Å²) in [6, 6.07) is 8.47. The van der Waals surface area contributed by atoms with E-state index in [9.17, 15) is 18.8 Å². The zero-order valence-electron chi connectivity index (χ0n) is 23.0. The quantitative estimate of drug-likeness (QED) is 0.422. The Hall–Kier alpha value is -4.54. The summed E-state index contributed by atoms with van der Waals surface area (Å²) in [6.45, 7) is 12.1. The van der Waals surface area contributed by atoms with Gasteiger partial charge in [-0.25, -0.2) is 13.9 Å². The number of hydrogen-bond donors (Lipinski definition) is 2. The molecule has 1 atom stereocenters. The van der Waals surface area contributed by atoms with E-state index in [4.69, 9.17) is 4.74 Å². The van der Waals surface area contributed by atoms with Gasteiger partial charge in [0.1, 0.15) is 17.1 Å². The van der Waals surface area contributed by atoms with Crippen LogP contribution in [0.1, 0.15) is 48.8 Å². The molecule has 0 unspecified atom stereocenters. The van der Waals surface area contributed by atoms with E-state index in [1.807, 2.05) is 20.8 Å². The summed E-state index contributed by atoms with van der Waals surface area (Å²) in [6.07, 6.45) is 4.28. The number of likely N-dealkylation sites (tertiary alicyclic amines) is 1. The number of amides is 2. The van der Waals surface area contributed by atoms with Crippen molar-refractivity contribution in [1.82, 2.24) is 30.2 Å². The van der Waals surface area contributed by atoms with Crippen molar-refractivity contribution in [3.8, 4) is 16.9 Å². The summed E-state index contributed by atoms with van der Waals surface area (Å²) in [5, 5.41) is 11.0. The normalized spacial score (nSPS) is 15.7. The first kappa shape index (κ1) is 28.5. The van der Waals surface area contributed by atoms with Crippen molar-refractivity contribution in [3.05, 3.63) is 82.2 Å². The number of nitrogens with zero attached hydrogens (tertiary/aromatic N) is 4. The average molecular weight is 549 g/mol. The Bertz CT molecular complexity index is 1500. The van der Waals surface area contributed by atoms with E-state index in [0.29, 0.717) is 47.8 Å². The van der Waals surface area contributed by atoms with Gasteiger partial charge in [0, 0.05) is 30.9 Å². The van der Waals surface area contributed by atoms with Gasteiger partial charge in [0.15, 0.2) is 0 Å². The van der Waals surface area contributed by atoms with Crippen LogP contribution in [-0.4, -0.2) is 62.1 Å². The molecule has 10 nitrogen and oxygen atoms in total. The minimum absolute atomic E-state index is 0.0934. The number of halogens is 1. The van der Waals surface area contributed by atoms with E-state index in [0.717, 1.165) is 12.5 Å². The van der Waals surface area contributed by atoms with Gasteiger partial charge in [0.05, 0.1) is 17.4 Å². The largest absolute Gasteiger partial charge is 0.444 e. The van der Waals surface area contributed by atoms with Gasteiger partial charge in [-0.05, 0) is 88.1 Å². The molecule has 0 aliphatic carbocycles. The van der Waals surface area contributed by atoms with Gasteiger partial charge in [-0.3, -0.25) is 9.59 Å². The van der Waals surface area contributed by atoms with Crippen LogP contribution in [0.2, 0.25) is 0 Å². The average Bonchev–Trinajstić information content (AvgIpc) is 3.58. The summed E-state index contributed by atoms with van der Waals surface area (Å²) in [5.74, 6) is -0.469. The number of carbonyl (C=O) groups is 2. The van der Waals surface area contributed by atoms with Crippen LogP contribution in [0.4, 0.5) is 9.18 Å². The lowest BCUT2D eigenvalue weighted by molar-refractivity contribution is 0.0520. The lowest BCUT2D eigenvalue weighted by Crippen LogP contribution is -2.36. The molecule has 0 radical (unpaired) electrons. The minimum Gasteiger partial charge on any atom is -0.444 e. The molecule has 4 rings (SSSR count). The Morgan fingerprint density at radius 2 is 2.00 bits per heavy atom. The second kappa shape index (κ2) is 11.7. The molecule has 1 fully saturated rings. The van der Waals surface area contributed by atoms with Crippen molar-refractivity contribution in [2.75, 3.05) is 19.6 Å². The SMILES string of the molecule is C=C/C(F)=C\c1cc(-c2cn(-c3ccc(C(=O)N4CC[C@@H](CNC(=O)OC(C)(C)C)C4)cc3)nn2)c(=O)[nH]c1C. The predicted molar refractivity (Wildman–Crippen MR) is 150 cm³/mol. The van der Waals surface area contributed by atoms with Crippen molar-refractivity contribution in [3.63, 3.8) is 0 Å². The van der Waals surface area contributed by atoms with Gasteiger partial charge < -0.3 is 19.9 Å². The number of pyridine rings is 1. The fourth-order valence-corrected chi connectivity index (χ4v) is 4.37. The topological polar surface area (TPSA) is 122 Å². The monoisotopic (exact) mass is 548 g/mol. The summed E-state index contributed by atoms with van der Waals surface area (Å²) in [7, 11) is 0. The molecule has 11 heteroatoms. The first-order valence-electron chi connectivity index (χ1n) is 13.0. The number of H-pyrrole nitrogens is 1. The Balaban J connectivity index is 1.41. The Kier molecular flexibility index (Phi) is 8.32. The second-order valence-corrected chi connectivity index (χ2v) is 10.7. The number of benzene rings is 1. The molecule has 0 saturated carbocycles. The van der Waals surface area contributed by atoms with E-state index in [1.165, 1.54) is 10.8 Å². The predicted octanol–water partition coefficient (Wildman–Crippen LogP) is 4.41. The van der Waals surface area contributed by atoms with Crippen LogP contribution < -0.4 is 10.9 Å². The van der Waals surface area contributed by atoms with Crippen LogP contribution in [-0.2, 0) is 4.74 Å². The van der Waals surface area contributed by atoms with Crippen molar-refractivity contribution in [2.45, 2.75) is 39.7 Å². The van der Waals surface area contributed by atoms with E-state index >= 15 is 0 Å². The number of ether oxygens (including phenoxy) is 1. The van der Waals surface area contributed by atoms with Crippen LogP contribution in [0.3, 0.4) is 0 Å². The first-order chi connectivity index (χ1) is 18.9. The number of aryl methyl sites for hydroxylation is 1. The maximum absolute atomic E-state index is 13.8. The third kappa shape index (κ3) is 6.90. The van der Waals surface area contributed by atoms with Gasteiger partial charge >= 0.3 is 6.09 Å². The zero-order valence-corrected chi connectivity index (χ0v) is 23.0. The maximum atomic E-state index is 13.8. The number of alkyl carbamates (subject to hydrolysis) is 1. The van der Waals surface area contributed by atoms with E-state index in [-0.39, 0.29) is 22.9 Å². The molecule has 1 aliphatic heterocycles. The number of rotatable bonds is 7. The van der Waals surface area contributed by atoms with Crippen LogP contribution in [0, 0.1) is 12.8 Å². The summed E-state index contributed by atoms with van der Waals surface area (Å²) < 4.78 is 20.5. The number of carbonyl (C=O) groups excluding carboxylic acids is 2. The van der Waals surface area contributed by atoms with Crippen LogP contribution in [0.25, 0.3) is 23.0 Å². The third-order valence-electron chi connectivity index (χ3n) is 6.42. The Morgan fingerprint density at radius 1 is 1.27 bits per heavy atom. The molecule has 1 aromatic carbocycles. The summed E-state index contributed by atoms with van der Waals surface area (Å²) in [4.78, 5) is 42.0. The van der Waals surface area contributed by atoms with Crippen LogP contribution >= 0.6 is 0 Å². The Morgan fingerprint density at radius 3 is 2.67 bits per heavy atom. The molecule has 2 aromatic heterocycles. The molecule has 1 saturated heterocycles. The van der Waals surface area contributed by atoms with Crippen molar-refractivity contribution >= 4 is 18.1 Å². The minimum atomic E-state index is -0.562. The highest BCUT2D eigenvalue weighted by Crippen LogP contribution is 2.21. The molecule has 3 aromatic rings. The lowest BCUT2D eigenvalue weighted by Gasteiger charge is -2.21. The third-order valence-corrected chi connectivity index (χ3v) is 6.42. The number of allylic oxidation sites excluding steroid dienone is 2. The molecule has 0 spiro atoms. The van der Waals surface area contributed by atoms with Crippen molar-refractivity contribution in [2.24, 2.45) is 5.92 Å². The number of aromatic nitrogens is 4. The standard InChI is InChI=1S/C29H33FN6O4/c1-6-22(30)13-21-14-24(26(37)32-18(21)2)25-17-36(34-33-25)23-9-7-20(8-10-23)27(38)35-12-11-19(16-35)15-31-28(39)40-29(3,4)5/h6-10,13-14,17,19H,1,11-12,15-16H2,2-5H3,(H,31,39)(H,32,37)/b22-13+/t19-/m0/s1. The van der Waals surface area contributed by atoms with Gasteiger partial charge in [-0.1, -0.05) is 11.8 Å². The molecule has 1 aliphatic rings. The second-order valence-electron chi connectivity index (χ2n) is 10.7. The zero-order chi connectivity index (χ0) is 29.0. The molecule has 210 valence electrons. The molecular formula is C29H33FN6O4. The number of hydrogen-bond acceptors (Lipinski definition) is 6. The molecule has 2 amide bonds. The molecule has 0 bridgehead atoms. The lowest BCUT2D eigenvalue weighted by atomic mass is 10.1. The summed E-state index contributed by atoms with van der Waals surface area (Å²) in [5.41, 5.74) is 1.82. The smallest absolute Gasteiger partial charge is 0.407 e. The molecule has 3 heterocycles. The van der Waals surface area contributed by atoms with E-state index < -0.39 is 17.5 Å². The van der Waals surface area contributed by atoms with Gasteiger partial charge in [0.25, 0.3) is 11.5 Å². The van der Waals surface area contributed by atoms with Crippen molar-refractivity contribution in [1.29, 1.82) is 0 Å². The highest BCUT2D eigenvalue weighted by molar-refractivity contribution is 5.94. The fourth-order valence-electron chi connectivity index (χ4n) is 4.37. The van der Waals surface area contributed by atoms with E-state index in [2.05, 4.69) is 27.2 Å². The molecular weight excluding hydrogens is 515 g/mol. The highest BCUT2D eigenvalue weighted by Gasteiger charge is 2.28. The van der Waals surface area contributed by atoms with Crippen LogP contribution in [0.15, 0.2) is 59.8 Å². The highest BCUT2D eigenvalue weighted by atomic mass is 19.1. The number of aromatic amines is 1. The maximum Gasteiger partial charge on any atom is 0.407 e. The Labute approximate surface area is 231 Å². The van der Waals surface area contributed by atoms with Gasteiger partial charge in [-0.2, -0.15) is 0 Å². The summed E-state index contributed by atoms with van der Waals surface area (Å²) >= 11 is 0.